The number of ether oxygens (including phenoxy) is 1. The first-order valence-electron chi connectivity index (χ1n) is 5.76. The maximum Gasteiger partial charge on any atom is 0.357 e. The normalized spacial score (nSPS) is 27.6. The Labute approximate surface area is 108 Å². The van der Waals surface area contributed by atoms with E-state index in [9.17, 15) is 19.5 Å². The van der Waals surface area contributed by atoms with Crippen molar-refractivity contribution in [2.24, 2.45) is 0 Å². The molecule has 1 rings (SSSR count). The van der Waals surface area contributed by atoms with E-state index in [0.29, 0.717) is 12.8 Å². The lowest BCUT2D eigenvalue weighted by Crippen LogP contribution is -2.40. The first-order valence-corrected chi connectivity index (χ1v) is 6.50. The fourth-order valence-electron chi connectivity index (χ4n) is 1.75. The van der Waals surface area contributed by atoms with Gasteiger partial charge in [-0.3, -0.25) is 5.04 Å². The number of aliphatic hydroxyl groups excluding tert-OH is 1. The second-order valence-corrected chi connectivity index (χ2v) is 5.05. The molecule has 3 unspecified atom stereocenters. The summed E-state index contributed by atoms with van der Waals surface area (Å²) < 4.78 is 22.8. The number of carbonyl (C=O) groups excluding carboxylic acids is 1. The Hall–Kier alpha value is -0.410. The van der Waals surface area contributed by atoms with Crippen molar-refractivity contribution in [3.05, 3.63) is 0 Å². The molecule has 0 radical (unpaired) electrons. The van der Waals surface area contributed by atoms with E-state index in [-0.39, 0.29) is 18.5 Å². The van der Waals surface area contributed by atoms with Crippen molar-refractivity contribution in [2.45, 2.75) is 56.2 Å². The molecule has 0 spiro atoms. The molecule has 0 aromatic carbocycles. The van der Waals surface area contributed by atoms with Crippen LogP contribution in [0.1, 0.15) is 39.0 Å². The molecule has 1 aliphatic carbocycles. The molecular formula is C10H16FO6S-. The van der Waals surface area contributed by atoms with Crippen molar-refractivity contribution in [3.63, 3.8) is 0 Å². The molecule has 1 N–H and O–H groups in total. The maximum absolute atomic E-state index is 14.0. The van der Waals surface area contributed by atoms with Crippen LogP contribution in [0.15, 0.2) is 0 Å². The third-order valence-electron chi connectivity index (χ3n) is 2.88. The highest BCUT2D eigenvalue weighted by atomic mass is 32.2. The number of halogens is 1. The summed E-state index contributed by atoms with van der Waals surface area (Å²) in [6.45, 7) is 1.40. The van der Waals surface area contributed by atoms with Gasteiger partial charge in [0.2, 0.25) is 0 Å². The van der Waals surface area contributed by atoms with Crippen molar-refractivity contribution < 1.29 is 33.7 Å². The maximum atomic E-state index is 14.0. The largest absolute Gasteiger partial charge is 0.691 e. The molecule has 106 valence electrons. The van der Waals surface area contributed by atoms with Gasteiger partial charge in [-0.25, -0.2) is 9.18 Å². The standard InChI is InChI=1S/C10H17FO6S/c1-2-10(11,18-17-16-14)9(13)15-8-6-4-3-5-7(8)12/h7-8,12,14H,2-6H2,1H3/p-1. The van der Waals surface area contributed by atoms with Crippen LogP contribution in [0.25, 0.3) is 0 Å². The van der Waals surface area contributed by atoms with Crippen LogP contribution in [0.3, 0.4) is 0 Å². The quantitative estimate of drug-likeness (QED) is 0.333. The van der Waals surface area contributed by atoms with Crippen molar-refractivity contribution in [2.75, 3.05) is 0 Å². The highest BCUT2D eigenvalue weighted by Crippen LogP contribution is 2.34. The van der Waals surface area contributed by atoms with Gasteiger partial charge in [0.25, 0.3) is 5.00 Å². The van der Waals surface area contributed by atoms with Crippen molar-refractivity contribution >= 4 is 18.0 Å². The van der Waals surface area contributed by atoms with Gasteiger partial charge in [-0.1, -0.05) is 13.3 Å². The van der Waals surface area contributed by atoms with Gasteiger partial charge in [0.1, 0.15) is 6.10 Å². The van der Waals surface area contributed by atoms with Gasteiger partial charge in [0, 0.05) is 6.42 Å². The highest BCUT2D eigenvalue weighted by Gasteiger charge is 2.43. The van der Waals surface area contributed by atoms with Gasteiger partial charge in [0.15, 0.2) is 0 Å². The van der Waals surface area contributed by atoms with Crippen molar-refractivity contribution in [3.8, 4) is 0 Å². The SMILES string of the molecule is CCC(F)(SOO[O-])C(=O)OC1CCCCC1O. The van der Waals surface area contributed by atoms with E-state index in [1.54, 1.807) is 0 Å². The Morgan fingerprint density at radius 3 is 2.78 bits per heavy atom. The minimum Gasteiger partial charge on any atom is -0.691 e. The van der Waals surface area contributed by atoms with Crippen LogP contribution >= 0.6 is 12.0 Å². The van der Waals surface area contributed by atoms with Crippen LogP contribution in [0.4, 0.5) is 4.39 Å². The van der Waals surface area contributed by atoms with Gasteiger partial charge in [-0.15, -0.1) is 0 Å². The lowest BCUT2D eigenvalue weighted by atomic mass is 9.95. The zero-order valence-electron chi connectivity index (χ0n) is 9.96. The van der Waals surface area contributed by atoms with E-state index in [1.807, 2.05) is 0 Å². The predicted molar refractivity (Wildman–Crippen MR) is 58.2 cm³/mol. The summed E-state index contributed by atoms with van der Waals surface area (Å²) in [5, 5.41) is 19.8. The summed E-state index contributed by atoms with van der Waals surface area (Å²) in [7, 11) is 0. The van der Waals surface area contributed by atoms with E-state index in [4.69, 9.17) is 4.74 Å². The van der Waals surface area contributed by atoms with E-state index in [2.05, 4.69) is 9.37 Å². The van der Waals surface area contributed by atoms with E-state index in [1.165, 1.54) is 6.92 Å². The third-order valence-corrected chi connectivity index (χ3v) is 3.72. The summed E-state index contributed by atoms with van der Waals surface area (Å²) in [6, 6.07) is 0. The number of alkyl halides is 1. The van der Waals surface area contributed by atoms with Gasteiger partial charge in [-0.05, 0) is 19.3 Å². The topological polar surface area (TPSA) is 88.0 Å². The first-order chi connectivity index (χ1) is 8.53. The minimum absolute atomic E-state index is 0.0358. The molecular weight excluding hydrogens is 267 g/mol. The van der Waals surface area contributed by atoms with Crippen LogP contribution < -0.4 is 5.26 Å². The molecule has 0 saturated heterocycles. The molecule has 8 heteroatoms. The van der Waals surface area contributed by atoms with Gasteiger partial charge < -0.3 is 15.1 Å². The molecule has 18 heavy (non-hydrogen) atoms. The van der Waals surface area contributed by atoms with Gasteiger partial charge >= 0.3 is 5.97 Å². The summed E-state index contributed by atoms with van der Waals surface area (Å²) in [5.41, 5.74) is 0. The molecule has 0 aromatic rings. The van der Waals surface area contributed by atoms with Crippen LogP contribution in [0, 0.1) is 0 Å². The lowest BCUT2D eigenvalue weighted by molar-refractivity contribution is -0.777. The van der Waals surface area contributed by atoms with Crippen molar-refractivity contribution in [1.29, 1.82) is 0 Å². The molecule has 0 bridgehead atoms. The predicted octanol–water partition coefficient (Wildman–Crippen LogP) is 0.781. The van der Waals surface area contributed by atoms with Gasteiger partial charge in [-0.2, -0.15) is 4.33 Å². The molecule has 0 aromatic heterocycles. The number of esters is 1. The molecule has 6 nitrogen and oxygen atoms in total. The molecule has 1 fully saturated rings. The Morgan fingerprint density at radius 2 is 2.22 bits per heavy atom. The van der Waals surface area contributed by atoms with Crippen molar-refractivity contribution in [1.82, 2.24) is 0 Å². The number of hydrogen-bond acceptors (Lipinski definition) is 7. The fraction of sp³-hybridized carbons (Fsp3) is 0.900. The Bertz CT molecular complexity index is 279. The second kappa shape index (κ2) is 7.25. The smallest absolute Gasteiger partial charge is 0.357 e. The summed E-state index contributed by atoms with van der Waals surface area (Å²) in [5.74, 6) is -1.17. The molecule has 3 atom stereocenters. The lowest BCUT2D eigenvalue weighted by Gasteiger charge is -2.29. The molecule has 1 aliphatic rings. The third kappa shape index (κ3) is 4.06. The molecule has 0 amide bonds. The van der Waals surface area contributed by atoms with Crippen LogP contribution in [-0.4, -0.2) is 28.3 Å². The highest BCUT2D eigenvalue weighted by molar-refractivity contribution is 7.96. The Kier molecular flexibility index (Phi) is 6.30. The van der Waals surface area contributed by atoms with E-state index >= 15 is 0 Å². The average Bonchev–Trinajstić information content (AvgIpc) is 2.38. The number of rotatable bonds is 6. The number of carbonyl (C=O) groups is 1. The molecule has 1 saturated carbocycles. The summed E-state index contributed by atoms with van der Waals surface area (Å²) in [6.07, 6.45) is 0.960. The Morgan fingerprint density at radius 1 is 1.56 bits per heavy atom. The van der Waals surface area contributed by atoms with E-state index < -0.39 is 23.2 Å². The van der Waals surface area contributed by atoms with Crippen LogP contribution in [0.2, 0.25) is 0 Å². The summed E-state index contributed by atoms with van der Waals surface area (Å²) in [4.78, 5) is 11.6. The fourth-order valence-corrected chi connectivity index (χ4v) is 2.11. The summed E-state index contributed by atoms with van der Waals surface area (Å²) >= 11 is -0.0358. The van der Waals surface area contributed by atoms with Crippen LogP contribution in [-0.2, 0) is 18.9 Å². The van der Waals surface area contributed by atoms with Gasteiger partial charge in [0.05, 0.1) is 18.1 Å². The minimum atomic E-state index is -2.51. The number of aliphatic hydroxyl groups is 1. The second-order valence-electron chi connectivity index (χ2n) is 4.10. The van der Waals surface area contributed by atoms with Crippen LogP contribution in [0.5, 0.6) is 0 Å². The monoisotopic (exact) mass is 283 g/mol. The first kappa shape index (κ1) is 15.6. The number of hydrogen-bond donors (Lipinski definition) is 1. The molecule has 0 heterocycles. The van der Waals surface area contributed by atoms with E-state index in [0.717, 1.165) is 12.8 Å². The average molecular weight is 283 g/mol. The molecule has 0 aliphatic heterocycles. The zero-order valence-corrected chi connectivity index (χ0v) is 10.8. The zero-order chi connectivity index (χ0) is 13.6. The Balaban J connectivity index is 2.55.